The van der Waals surface area contributed by atoms with Crippen molar-refractivity contribution in [3.63, 3.8) is 0 Å². The lowest BCUT2D eigenvalue weighted by molar-refractivity contribution is -0.112. The third-order valence-corrected chi connectivity index (χ3v) is 5.55. The summed E-state index contributed by atoms with van der Waals surface area (Å²) < 4.78 is 6.13. The molecule has 0 spiro atoms. The number of nitrogens with zero attached hydrogens (tertiary/aromatic N) is 1. The van der Waals surface area contributed by atoms with Crippen LogP contribution >= 0.6 is 11.6 Å². The summed E-state index contributed by atoms with van der Waals surface area (Å²) in [6, 6.07) is 28.6. The SMILES string of the molecule is Cc1ccc(COc2ccc3ccccc3c2/C=C(\C#N)C(=O)Nc2ccccc2Cl)cc1. The van der Waals surface area contributed by atoms with Gasteiger partial charge in [-0.2, -0.15) is 5.26 Å². The molecule has 0 aromatic heterocycles. The molecule has 0 saturated heterocycles. The van der Waals surface area contributed by atoms with E-state index in [2.05, 4.69) is 5.32 Å². The third kappa shape index (κ3) is 5.23. The molecule has 0 aliphatic carbocycles. The van der Waals surface area contributed by atoms with Gasteiger partial charge in [-0.3, -0.25) is 4.79 Å². The molecule has 33 heavy (non-hydrogen) atoms. The summed E-state index contributed by atoms with van der Waals surface area (Å²) in [5.41, 5.74) is 3.27. The van der Waals surface area contributed by atoms with Crippen LogP contribution in [0.2, 0.25) is 5.02 Å². The molecule has 4 rings (SSSR count). The van der Waals surface area contributed by atoms with Gasteiger partial charge in [0.15, 0.2) is 0 Å². The van der Waals surface area contributed by atoms with Crippen LogP contribution in [0.4, 0.5) is 5.69 Å². The summed E-state index contributed by atoms with van der Waals surface area (Å²) in [5, 5.41) is 14.7. The first-order valence-corrected chi connectivity index (χ1v) is 10.8. The van der Waals surface area contributed by atoms with Crippen LogP contribution in [0.25, 0.3) is 16.8 Å². The fourth-order valence-corrected chi connectivity index (χ4v) is 3.62. The predicted molar refractivity (Wildman–Crippen MR) is 133 cm³/mol. The van der Waals surface area contributed by atoms with E-state index >= 15 is 0 Å². The van der Waals surface area contributed by atoms with Crippen molar-refractivity contribution in [1.29, 1.82) is 5.26 Å². The highest BCUT2D eigenvalue weighted by Crippen LogP contribution is 2.31. The molecule has 0 atom stereocenters. The first-order chi connectivity index (χ1) is 16.0. The number of ether oxygens (including phenoxy) is 1. The molecule has 162 valence electrons. The molecule has 0 saturated carbocycles. The van der Waals surface area contributed by atoms with Gasteiger partial charge in [-0.15, -0.1) is 0 Å². The number of hydrogen-bond donors (Lipinski definition) is 1. The number of aryl methyl sites for hydroxylation is 1. The summed E-state index contributed by atoms with van der Waals surface area (Å²) in [6.45, 7) is 2.40. The lowest BCUT2D eigenvalue weighted by atomic mass is 10.0. The zero-order valence-electron chi connectivity index (χ0n) is 18.0. The summed E-state index contributed by atoms with van der Waals surface area (Å²) >= 11 is 6.15. The van der Waals surface area contributed by atoms with Gasteiger partial charge in [0.25, 0.3) is 5.91 Å². The second-order valence-corrected chi connectivity index (χ2v) is 7.98. The molecule has 1 N–H and O–H groups in total. The number of hydrogen-bond acceptors (Lipinski definition) is 3. The Bertz CT molecular complexity index is 1390. The number of carbonyl (C=O) groups is 1. The van der Waals surface area contributed by atoms with Gasteiger partial charge in [0, 0.05) is 5.56 Å². The number of rotatable bonds is 6. The van der Waals surface area contributed by atoms with E-state index in [4.69, 9.17) is 16.3 Å². The van der Waals surface area contributed by atoms with Crippen molar-refractivity contribution in [3.8, 4) is 11.8 Å². The Morgan fingerprint density at radius 2 is 1.73 bits per heavy atom. The Morgan fingerprint density at radius 1 is 1.00 bits per heavy atom. The molecule has 0 heterocycles. The second kappa shape index (κ2) is 10.0. The monoisotopic (exact) mass is 452 g/mol. The molecule has 1 amide bonds. The number of anilines is 1. The Hall–Kier alpha value is -4.07. The first-order valence-electron chi connectivity index (χ1n) is 10.4. The van der Waals surface area contributed by atoms with Gasteiger partial charge in [0.2, 0.25) is 0 Å². The average Bonchev–Trinajstić information content (AvgIpc) is 2.84. The smallest absolute Gasteiger partial charge is 0.266 e. The maximum atomic E-state index is 12.9. The van der Waals surface area contributed by atoms with E-state index in [-0.39, 0.29) is 5.57 Å². The topological polar surface area (TPSA) is 62.1 Å². The largest absolute Gasteiger partial charge is 0.488 e. The average molecular weight is 453 g/mol. The van der Waals surface area contributed by atoms with Gasteiger partial charge < -0.3 is 10.1 Å². The molecule has 4 nitrogen and oxygen atoms in total. The van der Waals surface area contributed by atoms with Crippen molar-refractivity contribution in [3.05, 3.63) is 112 Å². The quantitative estimate of drug-likeness (QED) is 0.255. The third-order valence-electron chi connectivity index (χ3n) is 5.22. The number of carbonyl (C=O) groups excluding carboxylic acids is 1. The number of halogens is 1. The van der Waals surface area contributed by atoms with Gasteiger partial charge in [-0.1, -0.05) is 83.9 Å². The number of para-hydroxylation sites is 1. The molecule has 0 aliphatic rings. The number of benzene rings is 4. The van der Waals surface area contributed by atoms with Crippen LogP contribution in [0.1, 0.15) is 16.7 Å². The van der Waals surface area contributed by atoms with Gasteiger partial charge in [-0.05, 0) is 47.5 Å². The Balaban J connectivity index is 1.70. The maximum absolute atomic E-state index is 12.9. The summed E-state index contributed by atoms with van der Waals surface area (Å²) in [5.74, 6) is 0.0515. The molecule has 4 aromatic rings. The van der Waals surface area contributed by atoms with Crippen molar-refractivity contribution in [2.24, 2.45) is 0 Å². The van der Waals surface area contributed by atoms with Crippen molar-refractivity contribution >= 4 is 40.0 Å². The number of fused-ring (bicyclic) bond motifs is 1. The first kappa shape index (κ1) is 22.1. The van der Waals surface area contributed by atoms with Crippen molar-refractivity contribution in [1.82, 2.24) is 0 Å². The van der Waals surface area contributed by atoms with Gasteiger partial charge in [0.05, 0.1) is 10.7 Å². The lowest BCUT2D eigenvalue weighted by Crippen LogP contribution is -2.13. The minimum Gasteiger partial charge on any atom is -0.488 e. The van der Waals surface area contributed by atoms with E-state index in [0.717, 1.165) is 16.3 Å². The van der Waals surface area contributed by atoms with E-state index in [0.29, 0.717) is 28.6 Å². The fraction of sp³-hybridized carbons (Fsp3) is 0.0714. The van der Waals surface area contributed by atoms with Crippen LogP contribution in [0.5, 0.6) is 5.75 Å². The Labute approximate surface area is 197 Å². The molecule has 0 fully saturated rings. The molecule has 0 bridgehead atoms. The zero-order chi connectivity index (χ0) is 23.2. The highest BCUT2D eigenvalue weighted by atomic mass is 35.5. The maximum Gasteiger partial charge on any atom is 0.266 e. The van der Waals surface area contributed by atoms with Gasteiger partial charge >= 0.3 is 0 Å². The van der Waals surface area contributed by atoms with E-state index in [1.165, 1.54) is 5.56 Å². The predicted octanol–water partition coefficient (Wildman–Crippen LogP) is 6.93. The standard InChI is InChI=1S/C28H21ClN2O2/c1-19-10-12-20(13-11-19)18-33-27-15-14-21-6-2-3-7-23(21)24(27)16-22(17-30)28(32)31-26-9-5-4-8-25(26)29/h2-16H,18H2,1H3,(H,31,32)/b22-16+. The number of nitriles is 1. The molecule has 0 aliphatic heterocycles. The Morgan fingerprint density at radius 3 is 2.48 bits per heavy atom. The van der Waals surface area contributed by atoms with Crippen LogP contribution in [0.3, 0.4) is 0 Å². The normalized spacial score (nSPS) is 11.1. The zero-order valence-corrected chi connectivity index (χ0v) is 18.8. The summed E-state index contributed by atoms with van der Waals surface area (Å²) in [6.07, 6.45) is 1.57. The van der Waals surface area contributed by atoms with Crippen LogP contribution in [-0.4, -0.2) is 5.91 Å². The van der Waals surface area contributed by atoms with Crippen LogP contribution < -0.4 is 10.1 Å². The highest BCUT2D eigenvalue weighted by Gasteiger charge is 2.15. The van der Waals surface area contributed by atoms with E-state index in [9.17, 15) is 10.1 Å². The number of amides is 1. The van der Waals surface area contributed by atoms with E-state index in [1.807, 2.05) is 73.7 Å². The minimum atomic E-state index is -0.539. The van der Waals surface area contributed by atoms with E-state index in [1.54, 1.807) is 30.3 Å². The van der Waals surface area contributed by atoms with E-state index < -0.39 is 5.91 Å². The highest BCUT2D eigenvalue weighted by molar-refractivity contribution is 6.34. The van der Waals surface area contributed by atoms with Crippen molar-refractivity contribution < 1.29 is 9.53 Å². The summed E-state index contributed by atoms with van der Waals surface area (Å²) in [7, 11) is 0. The lowest BCUT2D eigenvalue weighted by Gasteiger charge is -2.13. The van der Waals surface area contributed by atoms with Crippen LogP contribution in [0.15, 0.2) is 90.5 Å². The molecular weight excluding hydrogens is 432 g/mol. The molecule has 5 heteroatoms. The molecular formula is C28H21ClN2O2. The molecule has 0 radical (unpaired) electrons. The molecule has 0 unspecified atom stereocenters. The van der Waals surface area contributed by atoms with Gasteiger partial charge in [-0.25, -0.2) is 0 Å². The second-order valence-electron chi connectivity index (χ2n) is 7.58. The van der Waals surface area contributed by atoms with Crippen molar-refractivity contribution in [2.45, 2.75) is 13.5 Å². The van der Waals surface area contributed by atoms with Crippen molar-refractivity contribution in [2.75, 3.05) is 5.32 Å². The minimum absolute atomic E-state index is 0.0496. The number of nitrogens with one attached hydrogen (secondary N) is 1. The van der Waals surface area contributed by atoms with Crippen LogP contribution in [0, 0.1) is 18.3 Å². The van der Waals surface area contributed by atoms with Crippen LogP contribution in [-0.2, 0) is 11.4 Å². The summed E-state index contributed by atoms with van der Waals surface area (Å²) in [4.78, 5) is 12.9. The molecule has 4 aromatic carbocycles. The van der Waals surface area contributed by atoms with Gasteiger partial charge in [0.1, 0.15) is 24.0 Å². The fourth-order valence-electron chi connectivity index (χ4n) is 3.44. The Kier molecular flexibility index (Phi) is 6.73.